The van der Waals surface area contributed by atoms with E-state index in [1.807, 2.05) is 24.3 Å². The molecule has 0 aliphatic rings. The van der Waals surface area contributed by atoms with Gasteiger partial charge < -0.3 is 15.7 Å². The van der Waals surface area contributed by atoms with Crippen molar-refractivity contribution in [1.29, 1.82) is 0 Å². The van der Waals surface area contributed by atoms with Crippen LogP contribution in [0.2, 0.25) is 10.0 Å². The molecule has 1 heterocycles. The van der Waals surface area contributed by atoms with Crippen LogP contribution in [0.5, 0.6) is 0 Å². The van der Waals surface area contributed by atoms with Gasteiger partial charge in [-0.2, -0.15) is 0 Å². The number of halogens is 2. The van der Waals surface area contributed by atoms with E-state index in [1.165, 1.54) is 18.3 Å². The van der Waals surface area contributed by atoms with Crippen LogP contribution >= 0.6 is 23.2 Å². The fourth-order valence-corrected chi connectivity index (χ4v) is 3.43. The number of carbonyl (C=O) groups is 2. The van der Waals surface area contributed by atoms with Crippen LogP contribution in [0.1, 0.15) is 44.8 Å². The fraction of sp³-hybridized carbons (Fsp3) is 0.174. The Kier molecular flexibility index (Phi) is 7.50. The van der Waals surface area contributed by atoms with Gasteiger partial charge >= 0.3 is 5.97 Å². The fourth-order valence-electron chi connectivity index (χ4n) is 3.15. The second kappa shape index (κ2) is 10.3. The zero-order chi connectivity index (χ0) is 22.4. The number of aromatic carboxylic acids is 1. The van der Waals surface area contributed by atoms with Gasteiger partial charge in [0.05, 0.1) is 22.2 Å². The first-order valence-corrected chi connectivity index (χ1v) is 10.4. The second-order valence-electron chi connectivity index (χ2n) is 6.94. The number of nitrogens with one attached hydrogen (secondary N) is 2. The summed E-state index contributed by atoms with van der Waals surface area (Å²) >= 11 is 12.0. The standard InChI is InChI=1S/C23H21Cl2N3O3/c1-14(18-4-2-3-5-19(18)23(30)31)28-22(29)20-12-17(25)13-27-21(20)26-11-10-15-6-8-16(24)9-7-15/h2-9,12-14H,10-11H2,1H3,(H,26,27)(H,28,29)(H,30,31)/t14-/m0/s1. The van der Waals surface area contributed by atoms with Gasteiger partial charge in [0.2, 0.25) is 0 Å². The average Bonchev–Trinajstić information content (AvgIpc) is 2.76. The van der Waals surface area contributed by atoms with E-state index in [1.54, 1.807) is 25.1 Å². The largest absolute Gasteiger partial charge is 0.478 e. The predicted octanol–water partition coefficient (Wildman–Crippen LogP) is 5.23. The van der Waals surface area contributed by atoms with Gasteiger partial charge in [-0.15, -0.1) is 0 Å². The summed E-state index contributed by atoms with van der Waals surface area (Å²) in [6, 6.07) is 15.1. The minimum Gasteiger partial charge on any atom is -0.478 e. The lowest BCUT2D eigenvalue weighted by Gasteiger charge is -2.18. The summed E-state index contributed by atoms with van der Waals surface area (Å²) in [5.74, 6) is -1.06. The molecule has 3 N–H and O–H groups in total. The number of amides is 1. The van der Waals surface area contributed by atoms with E-state index in [4.69, 9.17) is 23.2 Å². The minimum absolute atomic E-state index is 0.140. The normalized spacial score (nSPS) is 11.6. The molecule has 1 atom stereocenters. The van der Waals surface area contributed by atoms with Gasteiger partial charge in [0.25, 0.3) is 5.91 Å². The minimum atomic E-state index is -1.05. The van der Waals surface area contributed by atoms with Gasteiger partial charge in [0, 0.05) is 17.8 Å². The molecule has 0 saturated carbocycles. The number of carboxylic acids is 1. The van der Waals surface area contributed by atoms with Crippen LogP contribution in [-0.2, 0) is 6.42 Å². The number of benzene rings is 2. The Morgan fingerprint density at radius 2 is 1.74 bits per heavy atom. The molecule has 8 heteroatoms. The Morgan fingerprint density at radius 1 is 1.03 bits per heavy atom. The van der Waals surface area contributed by atoms with Crippen LogP contribution in [-0.4, -0.2) is 28.5 Å². The van der Waals surface area contributed by atoms with Gasteiger partial charge in [0.15, 0.2) is 0 Å². The highest BCUT2D eigenvalue weighted by molar-refractivity contribution is 6.31. The third kappa shape index (κ3) is 5.96. The number of carboxylic acid groups (broad SMARTS) is 1. The molecule has 0 fully saturated rings. The zero-order valence-corrected chi connectivity index (χ0v) is 18.2. The Labute approximate surface area is 190 Å². The van der Waals surface area contributed by atoms with Crippen molar-refractivity contribution in [1.82, 2.24) is 10.3 Å². The van der Waals surface area contributed by atoms with Gasteiger partial charge in [-0.3, -0.25) is 4.79 Å². The highest BCUT2D eigenvalue weighted by Crippen LogP contribution is 2.22. The smallest absolute Gasteiger partial charge is 0.336 e. The van der Waals surface area contributed by atoms with Crippen LogP contribution in [0.3, 0.4) is 0 Å². The van der Waals surface area contributed by atoms with Gasteiger partial charge in [-0.05, 0) is 48.7 Å². The molecule has 0 saturated heterocycles. The van der Waals surface area contributed by atoms with Gasteiger partial charge in [-0.1, -0.05) is 53.5 Å². The number of anilines is 1. The van der Waals surface area contributed by atoms with Crippen molar-refractivity contribution in [2.24, 2.45) is 0 Å². The summed E-state index contributed by atoms with van der Waals surface area (Å²) in [5, 5.41) is 16.4. The van der Waals surface area contributed by atoms with Crippen LogP contribution in [0.15, 0.2) is 60.8 Å². The maximum Gasteiger partial charge on any atom is 0.336 e. The molecular weight excluding hydrogens is 437 g/mol. The maximum absolute atomic E-state index is 12.9. The first-order chi connectivity index (χ1) is 14.8. The molecule has 0 radical (unpaired) electrons. The van der Waals surface area contributed by atoms with Crippen molar-refractivity contribution in [3.63, 3.8) is 0 Å². The molecule has 0 bridgehead atoms. The third-order valence-corrected chi connectivity index (χ3v) is 5.18. The molecule has 3 aromatic rings. The Hall–Kier alpha value is -3.09. The van der Waals surface area contributed by atoms with Crippen molar-refractivity contribution < 1.29 is 14.7 Å². The highest BCUT2D eigenvalue weighted by atomic mass is 35.5. The summed E-state index contributed by atoms with van der Waals surface area (Å²) in [6.07, 6.45) is 2.18. The quantitative estimate of drug-likeness (QED) is 0.430. The van der Waals surface area contributed by atoms with E-state index in [0.29, 0.717) is 34.4 Å². The average molecular weight is 458 g/mol. The number of hydrogen-bond donors (Lipinski definition) is 3. The van der Waals surface area contributed by atoms with Gasteiger partial charge in [-0.25, -0.2) is 9.78 Å². The van der Waals surface area contributed by atoms with E-state index in [2.05, 4.69) is 15.6 Å². The molecule has 2 aromatic carbocycles. The number of nitrogens with zero attached hydrogens (tertiary/aromatic N) is 1. The summed E-state index contributed by atoms with van der Waals surface area (Å²) in [6.45, 7) is 2.28. The molecule has 31 heavy (non-hydrogen) atoms. The lowest BCUT2D eigenvalue weighted by molar-refractivity contribution is 0.0693. The molecule has 0 unspecified atom stereocenters. The van der Waals surface area contributed by atoms with E-state index in [9.17, 15) is 14.7 Å². The topological polar surface area (TPSA) is 91.3 Å². The van der Waals surface area contributed by atoms with Crippen LogP contribution < -0.4 is 10.6 Å². The maximum atomic E-state index is 12.9. The molecule has 0 aliphatic heterocycles. The van der Waals surface area contributed by atoms with Crippen molar-refractivity contribution in [2.45, 2.75) is 19.4 Å². The SMILES string of the molecule is C[C@H](NC(=O)c1cc(Cl)cnc1NCCc1ccc(Cl)cc1)c1ccccc1C(=O)O. The molecule has 3 rings (SSSR count). The summed E-state index contributed by atoms with van der Waals surface area (Å²) < 4.78 is 0. The third-order valence-electron chi connectivity index (χ3n) is 4.72. The van der Waals surface area contributed by atoms with E-state index in [0.717, 1.165) is 5.56 Å². The zero-order valence-electron chi connectivity index (χ0n) is 16.7. The number of rotatable bonds is 8. The highest BCUT2D eigenvalue weighted by Gasteiger charge is 2.20. The first-order valence-electron chi connectivity index (χ1n) is 9.62. The van der Waals surface area contributed by atoms with Crippen molar-refractivity contribution >= 4 is 40.9 Å². The first kappa shape index (κ1) is 22.6. The number of aromatic nitrogens is 1. The summed E-state index contributed by atoms with van der Waals surface area (Å²) in [7, 11) is 0. The van der Waals surface area contributed by atoms with Crippen LogP contribution in [0.4, 0.5) is 5.82 Å². The monoisotopic (exact) mass is 457 g/mol. The van der Waals surface area contributed by atoms with Gasteiger partial charge in [0.1, 0.15) is 5.82 Å². The second-order valence-corrected chi connectivity index (χ2v) is 7.81. The Bertz CT molecular complexity index is 1090. The Morgan fingerprint density at radius 3 is 2.45 bits per heavy atom. The molecule has 6 nitrogen and oxygen atoms in total. The molecule has 160 valence electrons. The van der Waals surface area contributed by atoms with E-state index >= 15 is 0 Å². The molecule has 0 aliphatic carbocycles. The number of pyridine rings is 1. The predicted molar refractivity (Wildman–Crippen MR) is 122 cm³/mol. The summed E-state index contributed by atoms with van der Waals surface area (Å²) in [5.41, 5.74) is 2.02. The van der Waals surface area contributed by atoms with Crippen molar-refractivity contribution in [3.05, 3.63) is 93.1 Å². The van der Waals surface area contributed by atoms with E-state index < -0.39 is 17.9 Å². The van der Waals surface area contributed by atoms with Crippen LogP contribution in [0.25, 0.3) is 0 Å². The Balaban J connectivity index is 1.72. The van der Waals surface area contributed by atoms with Crippen LogP contribution in [0, 0.1) is 0 Å². The molecule has 0 spiro atoms. The molecule has 1 amide bonds. The molecular formula is C23H21Cl2N3O3. The summed E-state index contributed by atoms with van der Waals surface area (Å²) in [4.78, 5) is 28.7. The lowest BCUT2D eigenvalue weighted by atomic mass is 10.0. The number of hydrogen-bond acceptors (Lipinski definition) is 4. The number of carbonyl (C=O) groups excluding carboxylic acids is 1. The van der Waals surface area contributed by atoms with Crippen molar-refractivity contribution in [2.75, 3.05) is 11.9 Å². The molecule has 1 aromatic heterocycles. The van der Waals surface area contributed by atoms with Crippen molar-refractivity contribution in [3.8, 4) is 0 Å². The lowest BCUT2D eigenvalue weighted by Crippen LogP contribution is -2.29. The van der Waals surface area contributed by atoms with E-state index in [-0.39, 0.29) is 11.1 Å².